The molecular formula is C42H54BrN3O7. The van der Waals surface area contributed by atoms with Gasteiger partial charge in [-0.1, -0.05) is 90.8 Å². The van der Waals surface area contributed by atoms with E-state index in [9.17, 15) is 14.7 Å². The molecule has 2 aromatic rings. The summed E-state index contributed by atoms with van der Waals surface area (Å²) in [7, 11) is 1.69. The van der Waals surface area contributed by atoms with Crippen molar-refractivity contribution in [1.29, 1.82) is 0 Å². The molecule has 10 nitrogen and oxygen atoms in total. The number of amides is 3. The van der Waals surface area contributed by atoms with Crippen LogP contribution in [0.1, 0.15) is 69.2 Å². The standard InChI is InChI=1S/C42H54BrN3O7/c1-9-12-18-33(48)44(8)28(7)36(29-16-14-13-15-17-29)52-41(51)34-35-39(49)46(32(24-47)26(5)11-3)38(42(35)23-30(43)37(34)53-42)40(50)45(21-10-2)31-22-25(4)19-20-27(31)6/h9-10,13-17,19-20,22,26,28,30,32,34-38,47H,1-2,11-12,18,21,23-24H2,3-8H3/t26-,28-,30?,32-,34+,35-,36+,37+,38+,42-/m0/s1. The van der Waals surface area contributed by atoms with Gasteiger partial charge in [-0.05, 0) is 62.3 Å². The van der Waals surface area contributed by atoms with Crippen LogP contribution < -0.4 is 4.90 Å². The number of hydrogen-bond donors (Lipinski definition) is 1. The van der Waals surface area contributed by atoms with Crippen molar-refractivity contribution < 1.29 is 33.8 Å². The van der Waals surface area contributed by atoms with Crippen molar-refractivity contribution in [2.24, 2.45) is 17.8 Å². The lowest BCUT2D eigenvalue weighted by molar-refractivity contribution is -0.165. The van der Waals surface area contributed by atoms with Gasteiger partial charge in [0.05, 0.1) is 36.6 Å². The Morgan fingerprint density at radius 1 is 1.13 bits per heavy atom. The highest BCUT2D eigenvalue weighted by Crippen LogP contribution is 2.61. The van der Waals surface area contributed by atoms with Gasteiger partial charge in [-0.2, -0.15) is 0 Å². The highest BCUT2D eigenvalue weighted by Gasteiger charge is 2.78. The topological polar surface area (TPSA) is 117 Å². The van der Waals surface area contributed by atoms with Crippen LogP contribution in [0.5, 0.6) is 0 Å². The number of allylic oxidation sites excluding steroid dienone is 1. The van der Waals surface area contributed by atoms with Crippen LogP contribution in [0.25, 0.3) is 0 Å². The number of anilines is 1. The second-order valence-electron chi connectivity index (χ2n) is 14.9. The van der Waals surface area contributed by atoms with Gasteiger partial charge in [0.15, 0.2) is 0 Å². The molecule has 2 bridgehead atoms. The Labute approximate surface area is 322 Å². The molecule has 1 N–H and O–H groups in total. The van der Waals surface area contributed by atoms with Gasteiger partial charge in [-0.25, -0.2) is 0 Å². The highest BCUT2D eigenvalue weighted by molar-refractivity contribution is 9.09. The summed E-state index contributed by atoms with van der Waals surface area (Å²) in [5.41, 5.74) is 1.86. The second kappa shape index (κ2) is 16.7. The number of carbonyl (C=O) groups is 4. The first-order chi connectivity index (χ1) is 25.3. The lowest BCUT2D eigenvalue weighted by Gasteiger charge is -2.41. The summed E-state index contributed by atoms with van der Waals surface area (Å²) in [6.45, 7) is 17.1. The fourth-order valence-electron chi connectivity index (χ4n) is 8.51. The molecule has 53 heavy (non-hydrogen) atoms. The fraction of sp³-hybridized carbons (Fsp3) is 0.524. The Balaban J connectivity index is 1.59. The zero-order chi connectivity index (χ0) is 38.8. The number of fused-ring (bicyclic) bond motifs is 1. The van der Waals surface area contributed by atoms with Crippen LogP contribution in [0.2, 0.25) is 0 Å². The molecule has 3 saturated heterocycles. The van der Waals surface area contributed by atoms with Crippen molar-refractivity contribution in [3.05, 3.63) is 90.5 Å². The van der Waals surface area contributed by atoms with Crippen molar-refractivity contribution >= 4 is 45.3 Å². The van der Waals surface area contributed by atoms with E-state index in [1.54, 1.807) is 29.0 Å². The minimum atomic E-state index is -1.37. The van der Waals surface area contributed by atoms with Crippen LogP contribution in [0, 0.1) is 31.6 Å². The summed E-state index contributed by atoms with van der Waals surface area (Å²) in [6.07, 6.45) is 3.46. The van der Waals surface area contributed by atoms with Crippen LogP contribution in [0.4, 0.5) is 5.69 Å². The van der Waals surface area contributed by atoms with Crippen molar-refractivity contribution in [3.63, 3.8) is 0 Å². The maximum Gasteiger partial charge on any atom is 0.313 e. The molecule has 3 fully saturated rings. The average Bonchev–Trinajstić information content (AvgIpc) is 3.75. The molecule has 5 rings (SSSR count). The van der Waals surface area contributed by atoms with Gasteiger partial charge in [0.25, 0.3) is 5.91 Å². The quantitative estimate of drug-likeness (QED) is 0.125. The van der Waals surface area contributed by atoms with E-state index in [4.69, 9.17) is 9.47 Å². The highest BCUT2D eigenvalue weighted by atomic mass is 79.9. The predicted octanol–water partition coefficient (Wildman–Crippen LogP) is 6.08. The summed E-state index contributed by atoms with van der Waals surface area (Å²) >= 11 is 3.77. The zero-order valence-electron chi connectivity index (χ0n) is 31.7. The van der Waals surface area contributed by atoms with Gasteiger partial charge in [-0.15, -0.1) is 13.2 Å². The van der Waals surface area contributed by atoms with E-state index in [1.807, 2.05) is 83.1 Å². The van der Waals surface area contributed by atoms with Crippen LogP contribution in [-0.2, 0) is 28.7 Å². The van der Waals surface area contributed by atoms with Gasteiger partial charge >= 0.3 is 5.97 Å². The molecule has 3 amide bonds. The molecule has 3 aliphatic heterocycles. The summed E-state index contributed by atoms with van der Waals surface area (Å²) in [5.74, 6) is -3.78. The molecule has 2 aromatic carbocycles. The summed E-state index contributed by atoms with van der Waals surface area (Å²) in [4.78, 5) is 62.4. The molecule has 0 aromatic heterocycles. The zero-order valence-corrected chi connectivity index (χ0v) is 33.3. The third kappa shape index (κ3) is 7.36. The van der Waals surface area contributed by atoms with Crippen LogP contribution >= 0.6 is 15.9 Å². The molecule has 1 unspecified atom stereocenters. The second-order valence-corrected chi connectivity index (χ2v) is 16.1. The van der Waals surface area contributed by atoms with Crippen molar-refractivity contribution in [2.45, 2.75) is 101 Å². The van der Waals surface area contributed by atoms with Crippen LogP contribution in [-0.4, -0.2) is 93.5 Å². The minimum Gasteiger partial charge on any atom is -0.455 e. The number of halogens is 1. The first-order valence-corrected chi connectivity index (χ1v) is 19.6. The number of esters is 1. The molecular weight excluding hydrogens is 738 g/mol. The molecule has 0 aliphatic carbocycles. The molecule has 11 heteroatoms. The summed E-state index contributed by atoms with van der Waals surface area (Å²) in [6, 6.07) is 12.7. The molecule has 0 radical (unpaired) electrons. The third-order valence-electron chi connectivity index (χ3n) is 11.7. The molecule has 0 saturated carbocycles. The monoisotopic (exact) mass is 791 g/mol. The molecule has 286 valence electrons. The smallest absolute Gasteiger partial charge is 0.313 e. The number of aliphatic hydroxyl groups is 1. The van der Waals surface area contributed by atoms with Gasteiger partial charge in [0.2, 0.25) is 11.8 Å². The fourth-order valence-corrected chi connectivity index (χ4v) is 9.45. The lowest BCUT2D eigenvalue weighted by atomic mass is 9.70. The van der Waals surface area contributed by atoms with E-state index in [-0.39, 0.29) is 42.1 Å². The van der Waals surface area contributed by atoms with Gasteiger partial charge in [0.1, 0.15) is 17.7 Å². The normalized spacial score (nSPS) is 26.7. The number of ether oxygens (including phenoxy) is 2. The van der Waals surface area contributed by atoms with Crippen molar-refractivity contribution in [2.75, 3.05) is 25.1 Å². The van der Waals surface area contributed by atoms with Crippen LogP contribution in [0.15, 0.2) is 73.8 Å². The third-order valence-corrected chi connectivity index (χ3v) is 12.5. The van der Waals surface area contributed by atoms with E-state index >= 15 is 9.59 Å². The van der Waals surface area contributed by atoms with Crippen molar-refractivity contribution in [3.8, 4) is 0 Å². The first-order valence-electron chi connectivity index (χ1n) is 18.6. The largest absolute Gasteiger partial charge is 0.455 e. The molecule has 10 atom stereocenters. The van der Waals surface area contributed by atoms with Gasteiger partial charge in [0, 0.05) is 30.5 Å². The first kappa shape index (κ1) is 40.4. The predicted molar refractivity (Wildman–Crippen MR) is 208 cm³/mol. The number of likely N-dealkylation sites (N-methyl/N-ethyl adjacent to an activating group) is 1. The number of hydrogen-bond acceptors (Lipinski definition) is 7. The molecule has 3 heterocycles. The average molecular weight is 793 g/mol. The minimum absolute atomic E-state index is 0.118. The molecule has 1 spiro atoms. The van der Waals surface area contributed by atoms with E-state index in [0.29, 0.717) is 30.5 Å². The summed E-state index contributed by atoms with van der Waals surface area (Å²) in [5, 5.41) is 10.8. The van der Waals surface area contributed by atoms with E-state index in [0.717, 1.165) is 11.1 Å². The Morgan fingerprint density at radius 3 is 2.45 bits per heavy atom. The molecule has 3 aliphatic rings. The van der Waals surface area contributed by atoms with E-state index in [2.05, 4.69) is 29.1 Å². The number of aliphatic hydroxyl groups excluding tert-OH is 1. The van der Waals surface area contributed by atoms with Crippen LogP contribution in [0.3, 0.4) is 0 Å². The number of rotatable bonds is 16. The maximum absolute atomic E-state index is 15.2. The lowest BCUT2D eigenvalue weighted by Crippen LogP contribution is -2.60. The van der Waals surface area contributed by atoms with Gasteiger partial charge in [-0.3, -0.25) is 19.2 Å². The van der Waals surface area contributed by atoms with Crippen molar-refractivity contribution in [1.82, 2.24) is 9.80 Å². The maximum atomic E-state index is 15.2. The number of alkyl halides is 1. The number of nitrogens with zero attached hydrogens (tertiary/aromatic N) is 3. The Kier molecular flexibility index (Phi) is 12.7. The number of carbonyl (C=O) groups excluding carboxylic acids is 4. The number of aryl methyl sites for hydroxylation is 2. The van der Waals surface area contributed by atoms with E-state index in [1.165, 1.54) is 4.90 Å². The Hall–Kier alpha value is -3.80. The number of likely N-dealkylation sites (tertiary alicyclic amines) is 1. The van der Waals surface area contributed by atoms with Gasteiger partial charge < -0.3 is 29.3 Å². The van der Waals surface area contributed by atoms with E-state index < -0.39 is 59.6 Å². The SMILES string of the molecule is C=CCCC(=O)N(C)[C@@H](C)[C@@H](OC(=O)[C@H]1[C@@H]2O[C@@]3(CC2Br)[C@@H]1C(=O)N([C@@H](CO)[C@@H](C)CC)[C@@H]3C(=O)N(CC=C)c1cc(C)ccc1C)c1ccccc1. The number of benzene rings is 2. The Bertz CT molecular complexity index is 1700. The Morgan fingerprint density at radius 2 is 1.83 bits per heavy atom. The summed E-state index contributed by atoms with van der Waals surface area (Å²) < 4.78 is 13.2.